The zero-order chi connectivity index (χ0) is 27.2. The van der Waals surface area contributed by atoms with Gasteiger partial charge in [-0.15, -0.1) is 0 Å². The van der Waals surface area contributed by atoms with E-state index >= 15 is 0 Å². The quantitative estimate of drug-likeness (QED) is 0.206. The third-order valence-electron chi connectivity index (χ3n) is 7.15. The summed E-state index contributed by atoms with van der Waals surface area (Å²) in [5.41, 5.74) is 2.62. The lowest BCUT2D eigenvalue weighted by Crippen LogP contribution is -2.48. The molecule has 37 heavy (non-hydrogen) atoms. The lowest BCUT2D eigenvalue weighted by Gasteiger charge is -2.36. The summed E-state index contributed by atoms with van der Waals surface area (Å²) in [6.07, 6.45) is 12.5. The van der Waals surface area contributed by atoms with Crippen molar-refractivity contribution in [1.82, 2.24) is 14.7 Å². The number of carbonyl (C=O) groups is 1. The first-order valence-corrected chi connectivity index (χ1v) is 14.0. The largest absolute Gasteiger partial charge is 0.496 e. The Morgan fingerprint density at radius 2 is 1.76 bits per heavy atom. The zero-order valence-electron chi connectivity index (χ0n) is 24.1. The van der Waals surface area contributed by atoms with Crippen molar-refractivity contribution in [2.45, 2.75) is 65.8 Å². The van der Waals surface area contributed by atoms with Crippen molar-refractivity contribution in [2.75, 3.05) is 53.5 Å². The van der Waals surface area contributed by atoms with Gasteiger partial charge in [-0.05, 0) is 70.5 Å². The number of piperazine rings is 1. The molecule has 0 bridgehead atoms. The molecule has 0 atom stereocenters. The number of benzene rings is 1. The fourth-order valence-corrected chi connectivity index (χ4v) is 4.90. The molecule has 1 aliphatic heterocycles. The number of carbonyl (C=O) groups excluding carboxylic acids is 1. The molecule has 1 aromatic carbocycles. The second-order valence-corrected chi connectivity index (χ2v) is 9.62. The summed E-state index contributed by atoms with van der Waals surface area (Å²) < 4.78 is 11.4. The van der Waals surface area contributed by atoms with Gasteiger partial charge in [-0.25, -0.2) is 0 Å². The number of ether oxygens (including phenoxy) is 2. The van der Waals surface area contributed by atoms with Gasteiger partial charge in [0.25, 0.3) is 5.91 Å². The Bertz CT molecular complexity index is 910. The van der Waals surface area contributed by atoms with Crippen LogP contribution in [-0.2, 0) is 4.74 Å². The third kappa shape index (κ3) is 9.26. The van der Waals surface area contributed by atoms with Crippen LogP contribution in [-0.4, -0.2) is 80.1 Å². The Kier molecular flexibility index (Phi) is 13.3. The first-order valence-electron chi connectivity index (χ1n) is 14.0. The number of methoxy groups -OCH3 is 1. The second-order valence-electron chi connectivity index (χ2n) is 9.62. The molecule has 1 saturated carbocycles. The SMILES string of the molecule is C=C(/C=C\C(=C/C)OCCCN(C)C1CCCC1)N1CCN(C(=O)c2cc(C)ccc2OC)CC1.CC. The van der Waals surface area contributed by atoms with Crippen LogP contribution >= 0.6 is 0 Å². The fraction of sp³-hybridized carbons (Fsp3) is 0.581. The average Bonchev–Trinajstić information content (AvgIpc) is 3.48. The first-order chi connectivity index (χ1) is 17.9. The molecule has 1 aliphatic carbocycles. The molecule has 0 N–H and O–H groups in total. The smallest absolute Gasteiger partial charge is 0.257 e. The van der Waals surface area contributed by atoms with Crippen LogP contribution in [0.1, 0.15) is 68.8 Å². The molecular formula is C31H49N3O3. The summed E-state index contributed by atoms with van der Waals surface area (Å²) in [6, 6.07) is 6.48. The molecule has 1 amide bonds. The molecular weight excluding hydrogens is 462 g/mol. The number of rotatable bonds is 11. The highest BCUT2D eigenvalue weighted by Crippen LogP contribution is 2.23. The van der Waals surface area contributed by atoms with Gasteiger partial charge < -0.3 is 24.2 Å². The summed E-state index contributed by atoms with van der Waals surface area (Å²) in [4.78, 5) is 19.7. The maximum Gasteiger partial charge on any atom is 0.257 e. The van der Waals surface area contributed by atoms with Crippen LogP contribution in [0.25, 0.3) is 0 Å². The Balaban J connectivity index is 0.00000235. The summed E-state index contributed by atoms with van der Waals surface area (Å²) in [6.45, 7) is 16.8. The van der Waals surface area contributed by atoms with Crippen LogP contribution in [0.15, 0.2) is 54.5 Å². The molecule has 6 nitrogen and oxygen atoms in total. The maximum absolute atomic E-state index is 13.1. The van der Waals surface area contributed by atoms with E-state index in [0.29, 0.717) is 24.4 Å². The van der Waals surface area contributed by atoms with Crippen LogP contribution in [0.2, 0.25) is 0 Å². The van der Waals surface area contributed by atoms with E-state index in [2.05, 4.69) is 23.4 Å². The minimum absolute atomic E-state index is 0.0227. The average molecular weight is 512 g/mol. The van der Waals surface area contributed by atoms with E-state index in [9.17, 15) is 4.79 Å². The van der Waals surface area contributed by atoms with Gasteiger partial charge in [-0.2, -0.15) is 0 Å². The Labute approximate surface area is 225 Å². The minimum Gasteiger partial charge on any atom is -0.496 e. The molecule has 1 aromatic rings. The van der Waals surface area contributed by atoms with E-state index in [0.717, 1.165) is 55.7 Å². The molecule has 0 spiro atoms. The fourth-order valence-electron chi connectivity index (χ4n) is 4.90. The van der Waals surface area contributed by atoms with Gasteiger partial charge in [0.05, 0.1) is 19.3 Å². The van der Waals surface area contributed by atoms with Gasteiger partial charge in [0.1, 0.15) is 11.5 Å². The standard InChI is InChI=1S/C29H43N3O3.C2H6/c1-6-26(35-21-9-16-30(4)25-10-7-8-11-25)14-13-24(3)31-17-19-32(20-18-31)29(33)27-22-23(2)12-15-28(27)34-5;1-2/h6,12-15,22,25H,3,7-11,16-21H2,1-2,4-5H3;1-2H3/b14-13-,26-6+;. The van der Waals surface area contributed by atoms with E-state index in [1.54, 1.807) is 7.11 Å². The highest BCUT2D eigenvalue weighted by atomic mass is 16.5. The molecule has 2 fully saturated rings. The lowest BCUT2D eigenvalue weighted by atomic mass is 10.1. The van der Waals surface area contributed by atoms with Gasteiger partial charge in [0.2, 0.25) is 0 Å². The molecule has 0 radical (unpaired) electrons. The molecule has 1 heterocycles. The molecule has 0 unspecified atom stereocenters. The van der Waals surface area contributed by atoms with Crippen LogP contribution < -0.4 is 4.74 Å². The number of hydrogen-bond donors (Lipinski definition) is 0. The summed E-state index contributed by atoms with van der Waals surface area (Å²) in [5.74, 6) is 1.52. The summed E-state index contributed by atoms with van der Waals surface area (Å²) in [5, 5.41) is 0. The third-order valence-corrected chi connectivity index (χ3v) is 7.15. The minimum atomic E-state index is 0.0227. The van der Waals surface area contributed by atoms with Crippen LogP contribution in [0.3, 0.4) is 0 Å². The molecule has 6 heteroatoms. The molecule has 3 rings (SSSR count). The van der Waals surface area contributed by atoms with Gasteiger partial charge in [-0.3, -0.25) is 4.79 Å². The van der Waals surface area contributed by atoms with Crippen LogP contribution in [0.5, 0.6) is 5.75 Å². The molecule has 2 aliphatic rings. The number of hydrogen-bond acceptors (Lipinski definition) is 5. The van der Waals surface area contributed by atoms with E-state index in [-0.39, 0.29) is 5.91 Å². The molecule has 1 saturated heterocycles. The highest BCUT2D eigenvalue weighted by Gasteiger charge is 2.24. The van der Waals surface area contributed by atoms with Crippen LogP contribution in [0.4, 0.5) is 0 Å². The van der Waals surface area contributed by atoms with Crippen molar-refractivity contribution in [3.63, 3.8) is 0 Å². The van der Waals surface area contributed by atoms with Gasteiger partial charge in [-0.1, -0.05) is 44.9 Å². The van der Waals surface area contributed by atoms with Crippen molar-refractivity contribution < 1.29 is 14.3 Å². The van der Waals surface area contributed by atoms with E-state index in [1.807, 2.05) is 69.0 Å². The van der Waals surface area contributed by atoms with Gasteiger partial charge in [0, 0.05) is 44.5 Å². The van der Waals surface area contributed by atoms with E-state index in [4.69, 9.17) is 9.47 Å². The maximum atomic E-state index is 13.1. The molecule has 206 valence electrons. The number of aryl methyl sites for hydroxylation is 1. The highest BCUT2D eigenvalue weighted by molar-refractivity contribution is 5.97. The Morgan fingerprint density at radius 3 is 2.38 bits per heavy atom. The van der Waals surface area contributed by atoms with Gasteiger partial charge >= 0.3 is 0 Å². The Morgan fingerprint density at radius 1 is 1.11 bits per heavy atom. The Hall–Kier alpha value is -2.73. The van der Waals surface area contributed by atoms with Crippen LogP contribution in [0, 0.1) is 6.92 Å². The predicted octanol–water partition coefficient (Wildman–Crippen LogP) is 6.04. The normalized spacial score (nSPS) is 16.7. The van der Waals surface area contributed by atoms with Crippen molar-refractivity contribution >= 4 is 5.91 Å². The topological polar surface area (TPSA) is 45.2 Å². The van der Waals surface area contributed by atoms with Crippen molar-refractivity contribution in [3.8, 4) is 5.75 Å². The lowest BCUT2D eigenvalue weighted by molar-refractivity contribution is 0.0669. The second kappa shape index (κ2) is 16.2. The number of allylic oxidation sites excluding steroid dienone is 3. The molecule has 0 aromatic heterocycles. The van der Waals surface area contributed by atoms with E-state index in [1.165, 1.54) is 25.7 Å². The van der Waals surface area contributed by atoms with Crippen molar-refractivity contribution in [1.29, 1.82) is 0 Å². The summed E-state index contributed by atoms with van der Waals surface area (Å²) in [7, 11) is 3.84. The van der Waals surface area contributed by atoms with Crippen molar-refractivity contribution in [2.24, 2.45) is 0 Å². The first kappa shape index (κ1) is 30.5. The number of amides is 1. The number of nitrogens with zero attached hydrogens (tertiary/aromatic N) is 3. The summed E-state index contributed by atoms with van der Waals surface area (Å²) >= 11 is 0. The monoisotopic (exact) mass is 511 g/mol. The van der Waals surface area contributed by atoms with Crippen molar-refractivity contribution in [3.05, 3.63) is 65.6 Å². The predicted molar refractivity (Wildman–Crippen MR) is 154 cm³/mol. The van der Waals surface area contributed by atoms with E-state index < -0.39 is 0 Å². The zero-order valence-corrected chi connectivity index (χ0v) is 24.1. The van der Waals surface area contributed by atoms with Gasteiger partial charge in [0.15, 0.2) is 0 Å².